The van der Waals surface area contributed by atoms with Gasteiger partial charge < -0.3 is 4.74 Å². The van der Waals surface area contributed by atoms with Crippen LogP contribution in [0.2, 0.25) is 0 Å². The molecule has 1 heterocycles. The van der Waals surface area contributed by atoms with Gasteiger partial charge in [0.2, 0.25) is 5.67 Å². The van der Waals surface area contributed by atoms with Gasteiger partial charge in [0, 0.05) is 31.5 Å². The van der Waals surface area contributed by atoms with Gasteiger partial charge in [0.25, 0.3) is 0 Å². The molecule has 0 atom stereocenters. The third kappa shape index (κ3) is 2.94. The zero-order chi connectivity index (χ0) is 12.4. The maximum atomic E-state index is 14.2. The molecule has 0 N–H and O–H groups in total. The van der Waals surface area contributed by atoms with Crippen molar-refractivity contribution in [3.8, 4) is 0 Å². The van der Waals surface area contributed by atoms with Gasteiger partial charge in [-0.15, -0.1) is 0 Å². The number of piperidine rings is 1. The largest absolute Gasteiger partial charge is 0.464 e. The van der Waals surface area contributed by atoms with E-state index < -0.39 is 11.6 Å². The van der Waals surface area contributed by atoms with E-state index in [9.17, 15) is 9.18 Å². The van der Waals surface area contributed by atoms with Gasteiger partial charge in [0.05, 0.1) is 6.61 Å². The maximum absolute atomic E-state index is 14.2. The van der Waals surface area contributed by atoms with E-state index >= 15 is 0 Å². The first-order valence-corrected chi connectivity index (χ1v) is 5.91. The first-order valence-electron chi connectivity index (χ1n) is 5.91. The van der Waals surface area contributed by atoms with Crippen LogP contribution in [0.4, 0.5) is 4.39 Å². The van der Waals surface area contributed by atoms with Crippen LogP contribution in [0.3, 0.4) is 0 Å². The molecule has 0 unspecified atom stereocenters. The summed E-state index contributed by atoms with van der Waals surface area (Å²) in [4.78, 5) is 13.7. The average molecular weight is 231 g/mol. The Kier molecular flexibility index (Phi) is 3.94. The zero-order valence-electron chi connectivity index (χ0n) is 10.7. The number of esters is 1. The number of alkyl halides is 1. The van der Waals surface area contributed by atoms with Crippen LogP contribution in [0.15, 0.2) is 0 Å². The van der Waals surface area contributed by atoms with Crippen molar-refractivity contribution in [2.45, 2.75) is 51.7 Å². The first-order chi connectivity index (χ1) is 7.29. The Morgan fingerprint density at radius 3 is 2.25 bits per heavy atom. The average Bonchev–Trinajstić information content (AvgIpc) is 2.17. The molecule has 0 radical (unpaired) electrons. The number of carbonyl (C=O) groups excluding carboxylic acids is 1. The Balaban J connectivity index is 2.56. The summed E-state index contributed by atoms with van der Waals surface area (Å²) in [6.45, 7) is 9.46. The second-order valence-corrected chi connectivity index (χ2v) is 5.34. The number of rotatable bonds is 2. The predicted octanol–water partition coefficient (Wildman–Crippen LogP) is 2.15. The third-order valence-corrected chi connectivity index (χ3v) is 3.15. The fourth-order valence-corrected chi connectivity index (χ4v) is 2.00. The Morgan fingerprint density at radius 1 is 1.38 bits per heavy atom. The lowest BCUT2D eigenvalue weighted by Crippen LogP contribution is -2.52. The predicted molar refractivity (Wildman–Crippen MR) is 61.0 cm³/mol. The maximum Gasteiger partial charge on any atom is 0.343 e. The van der Waals surface area contributed by atoms with Gasteiger partial charge >= 0.3 is 5.97 Å². The molecule has 1 rings (SSSR count). The van der Waals surface area contributed by atoms with Crippen molar-refractivity contribution in [1.82, 2.24) is 4.90 Å². The van der Waals surface area contributed by atoms with Crippen LogP contribution in [0.1, 0.15) is 40.5 Å². The molecule has 94 valence electrons. The topological polar surface area (TPSA) is 29.5 Å². The minimum Gasteiger partial charge on any atom is -0.464 e. The Morgan fingerprint density at radius 2 is 1.88 bits per heavy atom. The van der Waals surface area contributed by atoms with Crippen molar-refractivity contribution in [2.24, 2.45) is 0 Å². The fourth-order valence-electron chi connectivity index (χ4n) is 2.00. The molecule has 0 saturated carbocycles. The molecule has 1 aliphatic heterocycles. The van der Waals surface area contributed by atoms with E-state index in [4.69, 9.17) is 4.74 Å². The smallest absolute Gasteiger partial charge is 0.343 e. The molecule has 0 bridgehead atoms. The second-order valence-electron chi connectivity index (χ2n) is 5.34. The number of nitrogens with zero attached hydrogens (tertiary/aromatic N) is 1. The molecule has 16 heavy (non-hydrogen) atoms. The van der Waals surface area contributed by atoms with Crippen LogP contribution < -0.4 is 0 Å². The van der Waals surface area contributed by atoms with Gasteiger partial charge in [0.15, 0.2) is 0 Å². The van der Waals surface area contributed by atoms with Crippen molar-refractivity contribution in [3.63, 3.8) is 0 Å². The summed E-state index contributed by atoms with van der Waals surface area (Å²) in [6.07, 6.45) is 0.478. The number of likely N-dealkylation sites (tertiary alicyclic amines) is 1. The van der Waals surface area contributed by atoms with Crippen LogP contribution in [-0.4, -0.2) is 41.8 Å². The lowest BCUT2D eigenvalue weighted by atomic mass is 9.90. The Hall–Kier alpha value is -0.640. The molecule has 0 amide bonds. The van der Waals surface area contributed by atoms with Gasteiger partial charge in [-0.25, -0.2) is 9.18 Å². The van der Waals surface area contributed by atoms with E-state index in [1.54, 1.807) is 6.92 Å². The number of hydrogen-bond acceptors (Lipinski definition) is 3. The van der Waals surface area contributed by atoms with Crippen LogP contribution in [0.25, 0.3) is 0 Å². The number of ether oxygens (including phenoxy) is 1. The third-order valence-electron chi connectivity index (χ3n) is 3.15. The SMILES string of the molecule is CCOC(=O)C1(F)CCN(C(C)(C)C)CC1. The molecular weight excluding hydrogens is 209 g/mol. The molecule has 0 aliphatic carbocycles. The van der Waals surface area contributed by atoms with Crippen LogP contribution in [-0.2, 0) is 9.53 Å². The lowest BCUT2D eigenvalue weighted by Gasteiger charge is -2.42. The Labute approximate surface area is 96.9 Å². The van der Waals surface area contributed by atoms with E-state index in [1.165, 1.54) is 0 Å². The van der Waals surface area contributed by atoms with Gasteiger partial charge in [0.1, 0.15) is 0 Å². The molecule has 1 fully saturated rings. The molecule has 0 spiro atoms. The quantitative estimate of drug-likeness (QED) is 0.682. The summed E-state index contributed by atoms with van der Waals surface area (Å²) in [5.41, 5.74) is -1.73. The molecule has 0 aromatic carbocycles. The first kappa shape index (κ1) is 13.4. The van der Waals surface area contributed by atoms with Gasteiger partial charge in [-0.1, -0.05) is 0 Å². The second kappa shape index (κ2) is 4.70. The van der Waals surface area contributed by atoms with Crippen molar-refractivity contribution >= 4 is 5.97 Å². The van der Waals surface area contributed by atoms with E-state index in [0.717, 1.165) is 0 Å². The van der Waals surface area contributed by atoms with Gasteiger partial charge in [-0.3, -0.25) is 4.90 Å². The van der Waals surface area contributed by atoms with Crippen LogP contribution in [0.5, 0.6) is 0 Å². The van der Waals surface area contributed by atoms with Crippen molar-refractivity contribution in [2.75, 3.05) is 19.7 Å². The highest BCUT2D eigenvalue weighted by molar-refractivity contribution is 5.79. The van der Waals surface area contributed by atoms with Crippen molar-refractivity contribution in [3.05, 3.63) is 0 Å². The summed E-state index contributed by atoms with van der Waals surface area (Å²) >= 11 is 0. The van der Waals surface area contributed by atoms with E-state index in [-0.39, 0.29) is 25.0 Å². The number of carbonyl (C=O) groups is 1. The molecule has 4 heteroatoms. The highest BCUT2D eigenvalue weighted by atomic mass is 19.1. The van der Waals surface area contributed by atoms with E-state index in [1.807, 2.05) is 0 Å². The molecule has 0 aromatic heterocycles. The lowest BCUT2D eigenvalue weighted by molar-refractivity contribution is -0.161. The van der Waals surface area contributed by atoms with Gasteiger partial charge in [-0.2, -0.15) is 0 Å². The van der Waals surface area contributed by atoms with Crippen molar-refractivity contribution < 1.29 is 13.9 Å². The standard InChI is InChI=1S/C12H22FNO2/c1-5-16-10(15)12(13)6-8-14(9-7-12)11(2,3)4/h5-9H2,1-4H3. The highest BCUT2D eigenvalue weighted by Crippen LogP contribution is 2.31. The van der Waals surface area contributed by atoms with Crippen LogP contribution >= 0.6 is 0 Å². The minimum atomic E-state index is -1.77. The summed E-state index contributed by atoms with van der Waals surface area (Å²) in [5, 5.41) is 0. The van der Waals surface area contributed by atoms with E-state index in [2.05, 4.69) is 25.7 Å². The number of hydrogen-bond donors (Lipinski definition) is 0. The zero-order valence-corrected chi connectivity index (χ0v) is 10.7. The fraction of sp³-hybridized carbons (Fsp3) is 0.917. The summed E-state index contributed by atoms with van der Waals surface area (Å²) < 4.78 is 19.0. The molecular formula is C12H22FNO2. The molecule has 3 nitrogen and oxygen atoms in total. The highest BCUT2D eigenvalue weighted by Gasteiger charge is 2.44. The molecule has 1 aliphatic rings. The summed E-state index contributed by atoms with van der Waals surface area (Å²) in [5.74, 6) is -0.691. The monoisotopic (exact) mass is 231 g/mol. The van der Waals surface area contributed by atoms with E-state index in [0.29, 0.717) is 13.1 Å². The summed E-state index contributed by atoms with van der Waals surface area (Å²) in [6, 6.07) is 0. The number of halogens is 1. The molecule has 1 saturated heterocycles. The minimum absolute atomic E-state index is 0.0377. The van der Waals surface area contributed by atoms with Gasteiger partial charge in [-0.05, 0) is 27.7 Å². The van der Waals surface area contributed by atoms with Crippen molar-refractivity contribution in [1.29, 1.82) is 0 Å². The normalized spacial score (nSPS) is 21.8. The summed E-state index contributed by atoms with van der Waals surface area (Å²) in [7, 11) is 0. The molecule has 0 aromatic rings. The van der Waals surface area contributed by atoms with Crippen LogP contribution in [0, 0.1) is 0 Å². The Bertz CT molecular complexity index is 252.